The maximum atomic E-state index is 12.0. The fourth-order valence-corrected chi connectivity index (χ4v) is 1.85. The number of aromatic nitrogens is 1. The molecule has 6 nitrogen and oxygen atoms in total. The first-order chi connectivity index (χ1) is 8.31. The van der Waals surface area contributed by atoms with E-state index in [2.05, 4.69) is 27.2 Å². The summed E-state index contributed by atoms with van der Waals surface area (Å²) in [6.07, 6.45) is 3.92. The third-order valence-electron chi connectivity index (χ3n) is 2.77. The summed E-state index contributed by atoms with van der Waals surface area (Å²) in [6.45, 7) is 4.03. The van der Waals surface area contributed by atoms with Crippen molar-refractivity contribution in [2.24, 2.45) is 5.92 Å². The van der Waals surface area contributed by atoms with E-state index in [-0.39, 0.29) is 17.9 Å². The van der Waals surface area contributed by atoms with Gasteiger partial charge in [0.2, 0.25) is 5.91 Å². The lowest BCUT2D eigenvalue weighted by Crippen LogP contribution is -2.41. The van der Waals surface area contributed by atoms with Crippen molar-refractivity contribution >= 4 is 11.6 Å². The van der Waals surface area contributed by atoms with E-state index in [1.165, 1.54) is 12.5 Å². The van der Waals surface area contributed by atoms with E-state index in [4.69, 9.17) is 4.74 Å². The van der Waals surface area contributed by atoms with Crippen molar-refractivity contribution < 1.29 is 14.1 Å². The Balaban J connectivity index is 1.89. The molecule has 1 aromatic rings. The van der Waals surface area contributed by atoms with E-state index in [9.17, 15) is 4.79 Å². The van der Waals surface area contributed by atoms with Crippen LogP contribution < -0.4 is 10.6 Å². The van der Waals surface area contributed by atoms with Crippen LogP contribution in [0, 0.1) is 5.92 Å². The highest BCUT2D eigenvalue weighted by Crippen LogP contribution is 2.16. The first kappa shape index (κ1) is 12.1. The molecule has 1 aromatic heterocycles. The molecule has 1 aliphatic heterocycles. The number of hydrogen-bond acceptors (Lipinski definition) is 5. The number of ether oxygens (including phenoxy) is 1. The average molecular weight is 239 g/mol. The lowest BCUT2D eigenvalue weighted by molar-refractivity contribution is -0.120. The summed E-state index contributed by atoms with van der Waals surface area (Å²) < 4.78 is 10.0. The molecule has 17 heavy (non-hydrogen) atoms. The van der Waals surface area contributed by atoms with E-state index in [1.807, 2.05) is 0 Å². The van der Waals surface area contributed by atoms with Gasteiger partial charge < -0.3 is 19.9 Å². The van der Waals surface area contributed by atoms with E-state index < -0.39 is 0 Å². The van der Waals surface area contributed by atoms with Gasteiger partial charge in [0.25, 0.3) is 0 Å². The Morgan fingerprint density at radius 2 is 2.47 bits per heavy atom. The molecule has 0 radical (unpaired) electrons. The highest BCUT2D eigenvalue weighted by Gasteiger charge is 2.33. The Labute approximate surface area is 99.7 Å². The quantitative estimate of drug-likeness (QED) is 0.788. The number of hydrogen-bond donors (Lipinski definition) is 2. The van der Waals surface area contributed by atoms with Gasteiger partial charge in [-0.1, -0.05) is 12.1 Å². The van der Waals surface area contributed by atoms with Gasteiger partial charge >= 0.3 is 0 Å². The van der Waals surface area contributed by atoms with Crippen molar-refractivity contribution in [3.8, 4) is 0 Å². The average Bonchev–Trinajstić information content (AvgIpc) is 2.96. The van der Waals surface area contributed by atoms with Crippen LogP contribution in [0.1, 0.15) is 13.3 Å². The molecule has 1 fully saturated rings. The molecule has 1 amide bonds. The summed E-state index contributed by atoms with van der Waals surface area (Å²) in [4.78, 5) is 12.0. The molecule has 94 valence electrons. The molecule has 0 bridgehead atoms. The molecular weight excluding hydrogens is 222 g/mol. The lowest BCUT2D eigenvalue weighted by Gasteiger charge is -2.17. The molecule has 2 N–H and O–H groups in total. The largest absolute Gasteiger partial charge is 0.379 e. The third-order valence-corrected chi connectivity index (χ3v) is 2.77. The molecule has 2 unspecified atom stereocenters. The SMILES string of the molecule is CCCNC1COCC1C(=O)Nc1cnoc1. The van der Waals surface area contributed by atoms with Gasteiger partial charge in [-0.15, -0.1) is 0 Å². The number of rotatable bonds is 5. The summed E-state index contributed by atoms with van der Waals surface area (Å²) in [5.74, 6) is -0.212. The zero-order valence-corrected chi connectivity index (χ0v) is 9.81. The Kier molecular flexibility index (Phi) is 4.11. The van der Waals surface area contributed by atoms with Crippen molar-refractivity contribution in [2.45, 2.75) is 19.4 Å². The number of amides is 1. The summed E-state index contributed by atoms with van der Waals surface area (Å²) in [5.41, 5.74) is 0.580. The topological polar surface area (TPSA) is 76.4 Å². The third kappa shape index (κ3) is 3.04. The Morgan fingerprint density at radius 1 is 1.59 bits per heavy atom. The zero-order valence-electron chi connectivity index (χ0n) is 9.81. The summed E-state index contributed by atoms with van der Waals surface area (Å²) in [5, 5.41) is 9.61. The van der Waals surface area contributed by atoms with Gasteiger partial charge in [-0.25, -0.2) is 0 Å². The van der Waals surface area contributed by atoms with Crippen LogP contribution in [0.5, 0.6) is 0 Å². The highest BCUT2D eigenvalue weighted by atomic mass is 16.5. The number of nitrogens with one attached hydrogen (secondary N) is 2. The Bertz CT molecular complexity index is 353. The monoisotopic (exact) mass is 239 g/mol. The molecule has 2 rings (SSSR count). The fraction of sp³-hybridized carbons (Fsp3) is 0.636. The molecule has 0 aliphatic carbocycles. The van der Waals surface area contributed by atoms with Crippen molar-refractivity contribution in [1.82, 2.24) is 10.5 Å². The van der Waals surface area contributed by atoms with Crippen LogP contribution in [0.25, 0.3) is 0 Å². The molecule has 2 atom stereocenters. The second kappa shape index (κ2) is 5.79. The second-order valence-corrected chi connectivity index (χ2v) is 4.11. The van der Waals surface area contributed by atoms with Crippen molar-refractivity contribution in [1.29, 1.82) is 0 Å². The minimum Gasteiger partial charge on any atom is -0.379 e. The van der Waals surface area contributed by atoms with E-state index in [0.717, 1.165) is 13.0 Å². The molecule has 6 heteroatoms. The van der Waals surface area contributed by atoms with Crippen LogP contribution >= 0.6 is 0 Å². The smallest absolute Gasteiger partial charge is 0.231 e. The van der Waals surface area contributed by atoms with Crippen LogP contribution in [-0.2, 0) is 9.53 Å². The summed E-state index contributed by atoms with van der Waals surface area (Å²) in [7, 11) is 0. The predicted octanol–water partition coefficient (Wildman–Crippen LogP) is 0.628. The van der Waals surface area contributed by atoms with Crippen LogP contribution in [0.4, 0.5) is 5.69 Å². The van der Waals surface area contributed by atoms with Gasteiger partial charge in [-0.2, -0.15) is 0 Å². The van der Waals surface area contributed by atoms with Gasteiger partial charge in [0.15, 0.2) is 0 Å². The Hall–Kier alpha value is -1.40. The molecule has 2 heterocycles. The fourth-order valence-electron chi connectivity index (χ4n) is 1.85. The minimum absolute atomic E-state index is 0.0562. The Morgan fingerprint density at radius 3 is 3.18 bits per heavy atom. The second-order valence-electron chi connectivity index (χ2n) is 4.11. The zero-order chi connectivity index (χ0) is 12.1. The number of carbonyl (C=O) groups excluding carboxylic acids is 1. The maximum Gasteiger partial charge on any atom is 0.231 e. The minimum atomic E-state index is -0.156. The lowest BCUT2D eigenvalue weighted by atomic mass is 10.0. The van der Waals surface area contributed by atoms with Gasteiger partial charge in [-0.3, -0.25) is 4.79 Å². The van der Waals surface area contributed by atoms with E-state index >= 15 is 0 Å². The van der Waals surface area contributed by atoms with Crippen LogP contribution in [0.2, 0.25) is 0 Å². The highest BCUT2D eigenvalue weighted by molar-refractivity contribution is 5.93. The van der Waals surface area contributed by atoms with Crippen molar-refractivity contribution in [2.75, 3.05) is 25.1 Å². The first-order valence-corrected chi connectivity index (χ1v) is 5.82. The molecule has 1 saturated heterocycles. The van der Waals surface area contributed by atoms with Crippen molar-refractivity contribution in [3.05, 3.63) is 12.5 Å². The van der Waals surface area contributed by atoms with Crippen LogP contribution in [-0.4, -0.2) is 36.9 Å². The van der Waals surface area contributed by atoms with Crippen LogP contribution in [0.15, 0.2) is 17.0 Å². The molecule has 0 aromatic carbocycles. The number of nitrogens with zero attached hydrogens (tertiary/aromatic N) is 1. The van der Waals surface area contributed by atoms with E-state index in [0.29, 0.717) is 18.9 Å². The van der Waals surface area contributed by atoms with Gasteiger partial charge in [0, 0.05) is 6.04 Å². The van der Waals surface area contributed by atoms with Crippen molar-refractivity contribution in [3.63, 3.8) is 0 Å². The van der Waals surface area contributed by atoms with E-state index in [1.54, 1.807) is 0 Å². The van der Waals surface area contributed by atoms with Gasteiger partial charge in [0.1, 0.15) is 12.0 Å². The molecule has 0 saturated carbocycles. The molecular formula is C11H17N3O3. The van der Waals surface area contributed by atoms with Gasteiger partial charge in [0.05, 0.1) is 25.3 Å². The number of anilines is 1. The molecule has 0 spiro atoms. The predicted molar refractivity (Wildman–Crippen MR) is 61.5 cm³/mol. The first-order valence-electron chi connectivity index (χ1n) is 5.82. The maximum absolute atomic E-state index is 12.0. The normalized spacial score (nSPS) is 23.8. The molecule has 1 aliphatic rings. The summed E-state index contributed by atoms with van der Waals surface area (Å²) in [6, 6.07) is 0.0924. The summed E-state index contributed by atoms with van der Waals surface area (Å²) >= 11 is 0. The number of carbonyl (C=O) groups is 1. The van der Waals surface area contributed by atoms with Gasteiger partial charge in [-0.05, 0) is 13.0 Å². The standard InChI is InChI=1S/C11H17N3O3/c1-2-3-12-10-7-16-6-9(10)11(15)14-8-4-13-17-5-8/h4-5,9-10,12H,2-3,6-7H2,1H3,(H,14,15). The van der Waals surface area contributed by atoms with Crippen LogP contribution in [0.3, 0.4) is 0 Å².